The topological polar surface area (TPSA) is 73.7 Å². The summed E-state index contributed by atoms with van der Waals surface area (Å²) in [7, 11) is 0. The molecule has 3 N–H and O–H groups in total. The van der Waals surface area contributed by atoms with Gasteiger partial charge in [0.25, 0.3) is 0 Å². The van der Waals surface area contributed by atoms with Crippen molar-refractivity contribution < 1.29 is 9.90 Å². The van der Waals surface area contributed by atoms with Gasteiger partial charge in [-0.1, -0.05) is 0 Å². The zero-order valence-corrected chi connectivity index (χ0v) is 8.19. The van der Waals surface area contributed by atoms with E-state index in [1.807, 2.05) is 6.92 Å². The molecule has 5 heteroatoms. The van der Waals surface area contributed by atoms with E-state index in [1.54, 1.807) is 24.3 Å². The Morgan fingerprint density at radius 3 is 2.60 bits per heavy atom. The summed E-state index contributed by atoms with van der Waals surface area (Å²) in [5.41, 5.74) is 3.96. The van der Waals surface area contributed by atoms with Gasteiger partial charge in [-0.15, -0.1) is 0 Å². The Kier molecular flexibility index (Phi) is 2.29. The van der Waals surface area contributed by atoms with Crippen molar-refractivity contribution in [2.75, 3.05) is 0 Å². The third-order valence-electron chi connectivity index (χ3n) is 2.20. The SMILES string of the molecule is CC1NC(=O)NN=C1c1ccc(O)cc1. The first-order valence-electron chi connectivity index (χ1n) is 4.60. The van der Waals surface area contributed by atoms with Crippen LogP contribution in [0.2, 0.25) is 0 Å². The summed E-state index contributed by atoms with van der Waals surface area (Å²) in [5, 5.41) is 15.8. The average molecular weight is 205 g/mol. The number of benzene rings is 1. The summed E-state index contributed by atoms with van der Waals surface area (Å²) in [6.45, 7) is 1.85. The standard InChI is InChI=1S/C10H11N3O2/c1-6-9(12-13-10(15)11-6)7-2-4-8(14)5-3-7/h2-6,14H,1H3,(H2,11,13,15). The molecule has 0 aliphatic carbocycles. The number of carbonyl (C=O) groups excluding carboxylic acids is 1. The number of nitrogens with one attached hydrogen (secondary N) is 2. The molecule has 5 nitrogen and oxygen atoms in total. The second kappa shape index (κ2) is 3.61. The first-order chi connectivity index (χ1) is 7.16. The molecule has 0 saturated carbocycles. The summed E-state index contributed by atoms with van der Waals surface area (Å²) in [6.07, 6.45) is 0. The number of phenols is 1. The van der Waals surface area contributed by atoms with Gasteiger partial charge in [0, 0.05) is 5.56 Å². The largest absolute Gasteiger partial charge is 0.508 e. The van der Waals surface area contributed by atoms with E-state index in [9.17, 15) is 4.79 Å². The molecule has 1 aromatic carbocycles. The zero-order valence-electron chi connectivity index (χ0n) is 8.19. The van der Waals surface area contributed by atoms with Crippen molar-refractivity contribution in [1.82, 2.24) is 10.7 Å². The van der Waals surface area contributed by atoms with E-state index in [0.29, 0.717) is 0 Å². The molecule has 0 spiro atoms. The smallest absolute Gasteiger partial charge is 0.335 e. The molecule has 1 heterocycles. The third kappa shape index (κ3) is 1.90. The zero-order chi connectivity index (χ0) is 10.8. The molecule has 0 aromatic heterocycles. The van der Waals surface area contributed by atoms with E-state index in [2.05, 4.69) is 15.8 Å². The highest BCUT2D eigenvalue weighted by Crippen LogP contribution is 2.12. The highest BCUT2D eigenvalue weighted by molar-refractivity contribution is 6.07. The minimum absolute atomic E-state index is 0.136. The summed E-state index contributed by atoms with van der Waals surface area (Å²) < 4.78 is 0. The van der Waals surface area contributed by atoms with Crippen LogP contribution in [0.4, 0.5) is 4.79 Å². The van der Waals surface area contributed by atoms with Crippen LogP contribution in [-0.4, -0.2) is 22.9 Å². The average Bonchev–Trinajstić information content (AvgIpc) is 2.20. The highest BCUT2D eigenvalue weighted by atomic mass is 16.3. The molecule has 1 aromatic rings. The number of urea groups is 1. The van der Waals surface area contributed by atoms with E-state index in [4.69, 9.17) is 5.11 Å². The minimum Gasteiger partial charge on any atom is -0.508 e. The van der Waals surface area contributed by atoms with E-state index < -0.39 is 0 Å². The number of nitrogens with zero attached hydrogens (tertiary/aromatic N) is 1. The molecule has 0 fully saturated rings. The molecule has 15 heavy (non-hydrogen) atoms. The van der Waals surface area contributed by atoms with Gasteiger partial charge in [-0.05, 0) is 31.2 Å². The van der Waals surface area contributed by atoms with Gasteiger partial charge in [0.15, 0.2) is 0 Å². The summed E-state index contributed by atoms with van der Waals surface area (Å²) >= 11 is 0. The second-order valence-corrected chi connectivity index (χ2v) is 3.35. The van der Waals surface area contributed by atoms with Gasteiger partial charge < -0.3 is 10.4 Å². The van der Waals surface area contributed by atoms with Crippen LogP contribution in [0.25, 0.3) is 0 Å². The molecule has 2 amide bonds. The lowest BCUT2D eigenvalue weighted by Crippen LogP contribution is -2.48. The maximum Gasteiger partial charge on any atom is 0.335 e. The highest BCUT2D eigenvalue weighted by Gasteiger charge is 2.19. The predicted molar refractivity (Wildman–Crippen MR) is 55.8 cm³/mol. The number of carbonyl (C=O) groups is 1. The molecule has 1 atom stereocenters. The van der Waals surface area contributed by atoms with Gasteiger partial charge in [-0.25, -0.2) is 10.2 Å². The number of hydrogen-bond donors (Lipinski definition) is 3. The van der Waals surface area contributed by atoms with E-state index in [0.717, 1.165) is 11.3 Å². The maximum absolute atomic E-state index is 10.9. The maximum atomic E-state index is 10.9. The number of hydrazone groups is 1. The van der Waals surface area contributed by atoms with E-state index >= 15 is 0 Å². The Bertz CT molecular complexity index is 411. The molecular formula is C10H11N3O2. The summed E-state index contributed by atoms with van der Waals surface area (Å²) in [6, 6.07) is 6.24. The second-order valence-electron chi connectivity index (χ2n) is 3.35. The van der Waals surface area contributed by atoms with Crippen LogP contribution in [0.3, 0.4) is 0 Å². The van der Waals surface area contributed by atoms with Gasteiger partial charge in [0.05, 0.1) is 11.8 Å². The Labute approximate surface area is 86.8 Å². The van der Waals surface area contributed by atoms with Gasteiger partial charge >= 0.3 is 6.03 Å². The number of hydrogen-bond acceptors (Lipinski definition) is 3. The van der Waals surface area contributed by atoms with Crippen molar-refractivity contribution in [3.63, 3.8) is 0 Å². The van der Waals surface area contributed by atoms with Gasteiger partial charge in [-0.3, -0.25) is 0 Å². The molecule has 0 saturated heterocycles. The molecule has 1 aliphatic heterocycles. The molecule has 0 bridgehead atoms. The van der Waals surface area contributed by atoms with Gasteiger partial charge in [0.2, 0.25) is 0 Å². The van der Waals surface area contributed by atoms with Crippen LogP contribution in [0.1, 0.15) is 12.5 Å². The predicted octanol–water partition coefficient (Wildman–Crippen LogP) is 0.798. The van der Waals surface area contributed by atoms with Crippen molar-refractivity contribution in [3.05, 3.63) is 29.8 Å². The van der Waals surface area contributed by atoms with Crippen molar-refractivity contribution in [3.8, 4) is 5.75 Å². The van der Waals surface area contributed by atoms with Crippen molar-refractivity contribution in [1.29, 1.82) is 0 Å². The third-order valence-corrected chi connectivity index (χ3v) is 2.20. The van der Waals surface area contributed by atoms with Crippen LogP contribution >= 0.6 is 0 Å². The minimum atomic E-state index is -0.301. The Morgan fingerprint density at radius 1 is 1.33 bits per heavy atom. The fraction of sp³-hybridized carbons (Fsp3) is 0.200. The quantitative estimate of drug-likeness (QED) is 0.634. The van der Waals surface area contributed by atoms with Crippen molar-refractivity contribution in [2.24, 2.45) is 5.10 Å². The first-order valence-corrected chi connectivity index (χ1v) is 4.60. The van der Waals surface area contributed by atoms with Crippen LogP contribution in [0.5, 0.6) is 5.75 Å². The Morgan fingerprint density at radius 2 is 2.00 bits per heavy atom. The Balaban J connectivity index is 2.31. The van der Waals surface area contributed by atoms with Crippen LogP contribution in [0.15, 0.2) is 29.4 Å². The van der Waals surface area contributed by atoms with Gasteiger partial charge in [0.1, 0.15) is 5.75 Å². The van der Waals surface area contributed by atoms with Crippen LogP contribution in [-0.2, 0) is 0 Å². The molecule has 78 valence electrons. The number of rotatable bonds is 1. The number of phenolic OH excluding ortho intramolecular Hbond substituents is 1. The summed E-state index contributed by atoms with van der Waals surface area (Å²) in [4.78, 5) is 10.9. The normalized spacial score (nSPS) is 20.2. The number of aromatic hydroxyl groups is 1. The summed E-state index contributed by atoms with van der Waals surface area (Å²) in [5.74, 6) is 0.208. The van der Waals surface area contributed by atoms with E-state index in [1.165, 1.54) is 0 Å². The number of amides is 2. The lowest BCUT2D eigenvalue weighted by atomic mass is 10.0. The van der Waals surface area contributed by atoms with Gasteiger partial charge in [-0.2, -0.15) is 5.10 Å². The molecular weight excluding hydrogens is 194 g/mol. The van der Waals surface area contributed by atoms with Crippen LogP contribution in [0, 0.1) is 0 Å². The first kappa shape index (κ1) is 9.51. The van der Waals surface area contributed by atoms with Crippen molar-refractivity contribution >= 4 is 11.7 Å². The lowest BCUT2D eigenvalue weighted by molar-refractivity contribution is 0.239. The molecule has 0 radical (unpaired) electrons. The molecule has 1 unspecified atom stereocenters. The van der Waals surface area contributed by atoms with Crippen LogP contribution < -0.4 is 10.7 Å². The fourth-order valence-electron chi connectivity index (χ4n) is 1.45. The van der Waals surface area contributed by atoms with Crippen molar-refractivity contribution in [2.45, 2.75) is 13.0 Å². The Hall–Kier alpha value is -2.04. The molecule has 1 aliphatic rings. The monoisotopic (exact) mass is 205 g/mol. The fourth-order valence-corrected chi connectivity index (χ4v) is 1.45. The van der Waals surface area contributed by atoms with E-state index in [-0.39, 0.29) is 17.8 Å². The lowest BCUT2D eigenvalue weighted by Gasteiger charge is -2.21. The molecule has 2 rings (SSSR count).